The van der Waals surface area contributed by atoms with Crippen molar-refractivity contribution in [2.45, 2.75) is 31.6 Å². The van der Waals surface area contributed by atoms with Crippen molar-refractivity contribution in [2.24, 2.45) is 0 Å². The van der Waals surface area contributed by atoms with Crippen molar-refractivity contribution >= 4 is 21.6 Å². The molecule has 1 aromatic carbocycles. The molecule has 6 heteroatoms. The molecule has 1 unspecified atom stereocenters. The van der Waals surface area contributed by atoms with E-state index in [4.69, 9.17) is 6.42 Å². The molecular weight excluding hydrogens is 288 g/mol. The Kier molecular flexibility index (Phi) is 5.39. The summed E-state index contributed by atoms with van der Waals surface area (Å²) < 4.78 is 22.8. The van der Waals surface area contributed by atoms with Crippen LogP contribution in [0.4, 0.5) is 10.5 Å². The SMILES string of the molecule is C#CC(C)(CC)NC(=O)Nc1ccccc1CS(C)(=O)=O. The van der Waals surface area contributed by atoms with Crippen molar-refractivity contribution in [3.8, 4) is 12.3 Å². The van der Waals surface area contributed by atoms with Crippen LogP contribution in [0, 0.1) is 12.3 Å². The van der Waals surface area contributed by atoms with Crippen molar-refractivity contribution in [2.75, 3.05) is 11.6 Å². The summed E-state index contributed by atoms with van der Waals surface area (Å²) in [5.41, 5.74) is 0.250. The van der Waals surface area contributed by atoms with Gasteiger partial charge in [0.05, 0.1) is 11.3 Å². The van der Waals surface area contributed by atoms with Crippen LogP contribution >= 0.6 is 0 Å². The van der Waals surface area contributed by atoms with E-state index in [2.05, 4.69) is 16.6 Å². The van der Waals surface area contributed by atoms with E-state index in [-0.39, 0.29) is 5.75 Å². The van der Waals surface area contributed by atoms with Crippen LogP contribution in [0.25, 0.3) is 0 Å². The number of carbonyl (C=O) groups excluding carboxylic acids is 1. The van der Waals surface area contributed by atoms with Crippen molar-refractivity contribution in [1.29, 1.82) is 0 Å². The number of carbonyl (C=O) groups is 1. The molecule has 2 N–H and O–H groups in total. The maximum absolute atomic E-state index is 12.0. The van der Waals surface area contributed by atoms with E-state index in [0.717, 1.165) is 6.26 Å². The minimum absolute atomic E-state index is 0.135. The molecule has 0 aliphatic rings. The summed E-state index contributed by atoms with van der Waals surface area (Å²) in [6, 6.07) is 6.30. The molecule has 1 rings (SSSR count). The second kappa shape index (κ2) is 6.64. The lowest BCUT2D eigenvalue weighted by molar-refractivity contribution is 0.245. The van der Waals surface area contributed by atoms with Gasteiger partial charge in [0.15, 0.2) is 9.84 Å². The molecule has 0 aliphatic carbocycles. The number of hydrogen-bond acceptors (Lipinski definition) is 3. The van der Waals surface area contributed by atoms with Gasteiger partial charge in [-0.3, -0.25) is 0 Å². The molecule has 0 aliphatic heterocycles. The van der Waals surface area contributed by atoms with Crippen LogP contribution in [-0.4, -0.2) is 26.2 Å². The molecule has 0 saturated carbocycles. The van der Waals surface area contributed by atoms with E-state index in [1.54, 1.807) is 31.2 Å². The van der Waals surface area contributed by atoms with Crippen LogP contribution in [0.5, 0.6) is 0 Å². The predicted octanol–water partition coefficient (Wildman–Crippen LogP) is 2.15. The van der Waals surface area contributed by atoms with Gasteiger partial charge in [-0.1, -0.05) is 31.0 Å². The Morgan fingerprint density at radius 2 is 2.00 bits per heavy atom. The Morgan fingerprint density at radius 1 is 1.38 bits per heavy atom. The van der Waals surface area contributed by atoms with Crippen LogP contribution in [0.3, 0.4) is 0 Å². The third-order valence-electron chi connectivity index (χ3n) is 3.10. The molecule has 0 saturated heterocycles. The number of benzene rings is 1. The Hall–Kier alpha value is -2.00. The molecule has 0 aromatic heterocycles. The Bertz CT molecular complexity index is 662. The number of terminal acetylenes is 1. The van der Waals surface area contributed by atoms with Crippen LogP contribution in [0.2, 0.25) is 0 Å². The lowest BCUT2D eigenvalue weighted by Crippen LogP contribution is -2.46. The second-order valence-electron chi connectivity index (χ2n) is 5.14. The highest BCUT2D eigenvalue weighted by atomic mass is 32.2. The summed E-state index contributed by atoms with van der Waals surface area (Å²) in [5, 5.41) is 5.34. The number of para-hydroxylation sites is 1. The first kappa shape index (κ1) is 17.1. The van der Waals surface area contributed by atoms with Crippen LogP contribution in [-0.2, 0) is 15.6 Å². The van der Waals surface area contributed by atoms with Gasteiger partial charge in [-0.05, 0) is 25.0 Å². The summed E-state index contributed by atoms with van der Waals surface area (Å²) in [6.45, 7) is 3.62. The normalized spacial score (nSPS) is 13.8. The van der Waals surface area contributed by atoms with Gasteiger partial charge in [-0.15, -0.1) is 6.42 Å². The number of anilines is 1. The summed E-state index contributed by atoms with van der Waals surface area (Å²) in [4.78, 5) is 12.0. The molecule has 2 amide bonds. The van der Waals surface area contributed by atoms with Crippen molar-refractivity contribution in [3.05, 3.63) is 29.8 Å². The zero-order valence-corrected chi connectivity index (χ0v) is 13.3. The third kappa shape index (κ3) is 5.48. The minimum atomic E-state index is -3.18. The van der Waals surface area contributed by atoms with E-state index >= 15 is 0 Å². The fraction of sp³-hybridized carbons (Fsp3) is 0.400. The molecule has 0 radical (unpaired) electrons. The Balaban J connectivity index is 2.89. The summed E-state index contributed by atoms with van der Waals surface area (Å²) in [5.74, 6) is 2.39. The minimum Gasteiger partial charge on any atom is -0.322 e. The van der Waals surface area contributed by atoms with Gasteiger partial charge >= 0.3 is 6.03 Å². The van der Waals surface area contributed by atoms with E-state index in [1.807, 2.05) is 6.92 Å². The Labute approximate surface area is 126 Å². The van der Waals surface area contributed by atoms with Crippen LogP contribution in [0.1, 0.15) is 25.8 Å². The molecule has 1 atom stereocenters. The number of urea groups is 1. The number of amides is 2. The maximum atomic E-state index is 12.0. The second-order valence-corrected chi connectivity index (χ2v) is 7.28. The molecule has 0 spiro atoms. The van der Waals surface area contributed by atoms with Crippen LogP contribution in [0.15, 0.2) is 24.3 Å². The molecule has 0 heterocycles. The predicted molar refractivity (Wildman–Crippen MR) is 84.7 cm³/mol. The first-order valence-corrected chi connectivity index (χ1v) is 8.58. The highest BCUT2D eigenvalue weighted by molar-refractivity contribution is 7.89. The average Bonchev–Trinajstić information content (AvgIpc) is 2.39. The zero-order valence-electron chi connectivity index (χ0n) is 12.4. The van der Waals surface area contributed by atoms with Gasteiger partial charge in [0.25, 0.3) is 0 Å². The summed E-state index contributed by atoms with van der Waals surface area (Å²) in [7, 11) is -3.18. The largest absolute Gasteiger partial charge is 0.322 e. The summed E-state index contributed by atoms with van der Waals surface area (Å²) >= 11 is 0. The first-order valence-electron chi connectivity index (χ1n) is 6.51. The molecule has 114 valence electrons. The number of hydrogen-bond donors (Lipinski definition) is 2. The highest BCUT2D eigenvalue weighted by Crippen LogP contribution is 2.18. The number of rotatable bonds is 5. The molecular formula is C15H20N2O3S. The standard InChI is InChI=1S/C15H20N2O3S/c1-5-15(3,6-2)17-14(18)16-13-10-8-7-9-12(13)11-21(4,19)20/h1,7-10H,6,11H2,2-4H3,(H2,16,17,18). The molecule has 5 nitrogen and oxygen atoms in total. The number of sulfone groups is 1. The van der Waals surface area contributed by atoms with Gasteiger partial charge in [0.1, 0.15) is 0 Å². The van der Waals surface area contributed by atoms with Gasteiger partial charge in [-0.2, -0.15) is 0 Å². The Morgan fingerprint density at radius 3 is 2.52 bits per heavy atom. The van der Waals surface area contributed by atoms with E-state index in [1.165, 1.54) is 0 Å². The van der Waals surface area contributed by atoms with Crippen molar-refractivity contribution in [3.63, 3.8) is 0 Å². The maximum Gasteiger partial charge on any atom is 0.320 e. The molecule has 0 bridgehead atoms. The fourth-order valence-electron chi connectivity index (χ4n) is 1.68. The smallest absolute Gasteiger partial charge is 0.320 e. The van der Waals surface area contributed by atoms with E-state index in [9.17, 15) is 13.2 Å². The fourth-order valence-corrected chi connectivity index (χ4v) is 2.50. The van der Waals surface area contributed by atoms with Gasteiger partial charge in [-0.25, -0.2) is 13.2 Å². The van der Waals surface area contributed by atoms with E-state index < -0.39 is 21.4 Å². The third-order valence-corrected chi connectivity index (χ3v) is 3.93. The summed E-state index contributed by atoms with van der Waals surface area (Å²) in [6.07, 6.45) is 7.13. The lowest BCUT2D eigenvalue weighted by atomic mass is 10.0. The van der Waals surface area contributed by atoms with Crippen molar-refractivity contribution < 1.29 is 13.2 Å². The molecule has 1 aromatic rings. The monoisotopic (exact) mass is 308 g/mol. The van der Waals surface area contributed by atoms with Gasteiger partial charge in [0.2, 0.25) is 0 Å². The van der Waals surface area contributed by atoms with Gasteiger partial charge < -0.3 is 10.6 Å². The van der Waals surface area contributed by atoms with E-state index in [0.29, 0.717) is 17.7 Å². The van der Waals surface area contributed by atoms with Crippen LogP contribution < -0.4 is 10.6 Å². The molecule has 0 fully saturated rings. The first-order chi connectivity index (χ1) is 9.69. The zero-order chi connectivity index (χ0) is 16.1. The topological polar surface area (TPSA) is 75.3 Å². The quantitative estimate of drug-likeness (QED) is 0.818. The lowest BCUT2D eigenvalue weighted by Gasteiger charge is -2.23. The number of nitrogens with one attached hydrogen (secondary N) is 2. The van der Waals surface area contributed by atoms with Crippen molar-refractivity contribution in [1.82, 2.24) is 5.32 Å². The van der Waals surface area contributed by atoms with Gasteiger partial charge in [0, 0.05) is 11.9 Å². The average molecular weight is 308 g/mol. The molecule has 21 heavy (non-hydrogen) atoms. The highest BCUT2D eigenvalue weighted by Gasteiger charge is 2.21.